The summed E-state index contributed by atoms with van der Waals surface area (Å²) in [5.41, 5.74) is 2.41. The highest BCUT2D eigenvalue weighted by molar-refractivity contribution is 5.39. The molecule has 0 saturated heterocycles. The molecule has 0 unspecified atom stereocenters. The Bertz CT molecular complexity index is 327. The molecule has 15 heavy (non-hydrogen) atoms. The summed E-state index contributed by atoms with van der Waals surface area (Å²) in [5, 5.41) is 8.84. The smallest absolute Gasteiger partial charge is 0.168 e. The van der Waals surface area contributed by atoms with Crippen molar-refractivity contribution in [3.05, 3.63) is 29.3 Å². The van der Waals surface area contributed by atoms with Gasteiger partial charge in [0.1, 0.15) is 0 Å². The van der Waals surface area contributed by atoms with Gasteiger partial charge in [0.15, 0.2) is 5.75 Å². The van der Waals surface area contributed by atoms with Crippen molar-refractivity contribution in [2.75, 3.05) is 0 Å². The quantitative estimate of drug-likeness (QED) is 0.587. The fourth-order valence-corrected chi connectivity index (χ4v) is 2.48. The normalized spacial score (nSPS) is 17.7. The van der Waals surface area contributed by atoms with E-state index in [0.29, 0.717) is 11.7 Å². The van der Waals surface area contributed by atoms with Gasteiger partial charge in [-0.15, -0.1) is 0 Å². The number of hydrogen-bond donors (Lipinski definition) is 1. The van der Waals surface area contributed by atoms with Crippen LogP contribution < -0.4 is 4.89 Å². The first kappa shape index (κ1) is 10.5. The second kappa shape index (κ2) is 4.67. The summed E-state index contributed by atoms with van der Waals surface area (Å²) in [6.07, 6.45) is 6.38. The minimum absolute atomic E-state index is 0.570. The van der Waals surface area contributed by atoms with E-state index >= 15 is 0 Å². The van der Waals surface area contributed by atoms with Gasteiger partial charge in [-0.25, -0.2) is 5.26 Å². The Labute approximate surface area is 90.8 Å². The highest BCUT2D eigenvalue weighted by Crippen LogP contribution is 2.37. The van der Waals surface area contributed by atoms with E-state index in [1.807, 2.05) is 12.1 Å². The van der Waals surface area contributed by atoms with E-state index in [1.54, 1.807) is 0 Å². The second-order valence-corrected chi connectivity index (χ2v) is 4.47. The Kier molecular flexibility index (Phi) is 3.27. The largest absolute Gasteiger partial charge is 0.340 e. The molecule has 2 nitrogen and oxygen atoms in total. The molecule has 1 aromatic rings. The van der Waals surface area contributed by atoms with Crippen molar-refractivity contribution in [3.8, 4) is 5.75 Å². The van der Waals surface area contributed by atoms with Gasteiger partial charge in [0.25, 0.3) is 0 Å². The van der Waals surface area contributed by atoms with Gasteiger partial charge < -0.3 is 4.89 Å². The first-order valence-electron chi connectivity index (χ1n) is 5.73. The minimum Gasteiger partial charge on any atom is -0.340 e. The Balaban J connectivity index is 2.27. The zero-order chi connectivity index (χ0) is 10.7. The van der Waals surface area contributed by atoms with Crippen molar-refractivity contribution < 1.29 is 10.1 Å². The zero-order valence-corrected chi connectivity index (χ0v) is 9.20. The summed E-state index contributed by atoms with van der Waals surface area (Å²) in [6.45, 7) is 2.08. The molecule has 0 heterocycles. The third kappa shape index (κ3) is 2.32. The SMILES string of the molecule is Cc1ccc(OO)c(C2CCCCC2)c1. The highest BCUT2D eigenvalue weighted by Gasteiger charge is 2.19. The van der Waals surface area contributed by atoms with Crippen molar-refractivity contribution in [1.29, 1.82) is 0 Å². The molecule has 82 valence electrons. The standard InChI is InChI=1S/C13H18O2/c1-10-7-8-13(15-14)12(9-10)11-5-3-2-4-6-11/h7-9,11,14H,2-6H2,1H3. The van der Waals surface area contributed by atoms with Crippen LogP contribution in [-0.4, -0.2) is 5.26 Å². The summed E-state index contributed by atoms with van der Waals surface area (Å²) in [7, 11) is 0. The lowest BCUT2D eigenvalue weighted by atomic mass is 9.83. The van der Waals surface area contributed by atoms with Crippen LogP contribution in [0.1, 0.15) is 49.1 Å². The Morgan fingerprint density at radius 3 is 2.60 bits per heavy atom. The third-order valence-corrected chi connectivity index (χ3v) is 3.31. The summed E-state index contributed by atoms with van der Waals surface area (Å²) in [5.74, 6) is 1.20. The van der Waals surface area contributed by atoms with Gasteiger partial charge >= 0.3 is 0 Å². The fraction of sp³-hybridized carbons (Fsp3) is 0.538. The summed E-state index contributed by atoms with van der Waals surface area (Å²) >= 11 is 0. The molecule has 1 fully saturated rings. The van der Waals surface area contributed by atoms with E-state index in [-0.39, 0.29) is 0 Å². The Hall–Kier alpha value is -1.02. The molecule has 1 N–H and O–H groups in total. The van der Waals surface area contributed by atoms with Crippen LogP contribution in [0.3, 0.4) is 0 Å². The molecular weight excluding hydrogens is 188 g/mol. The average molecular weight is 206 g/mol. The van der Waals surface area contributed by atoms with Crippen LogP contribution in [0.25, 0.3) is 0 Å². The molecule has 0 radical (unpaired) electrons. The zero-order valence-electron chi connectivity index (χ0n) is 9.20. The average Bonchev–Trinajstić information content (AvgIpc) is 2.30. The van der Waals surface area contributed by atoms with Crippen LogP contribution in [0.15, 0.2) is 18.2 Å². The fourth-order valence-electron chi connectivity index (χ4n) is 2.48. The third-order valence-electron chi connectivity index (χ3n) is 3.31. The van der Waals surface area contributed by atoms with Crippen molar-refractivity contribution in [2.45, 2.75) is 44.9 Å². The van der Waals surface area contributed by atoms with Crippen LogP contribution in [0, 0.1) is 6.92 Å². The number of rotatable bonds is 2. The molecule has 0 bridgehead atoms. The van der Waals surface area contributed by atoms with Crippen molar-refractivity contribution in [2.24, 2.45) is 0 Å². The lowest BCUT2D eigenvalue weighted by Gasteiger charge is -2.23. The van der Waals surface area contributed by atoms with E-state index in [0.717, 1.165) is 0 Å². The molecule has 0 amide bonds. The highest BCUT2D eigenvalue weighted by atomic mass is 17.1. The lowest BCUT2D eigenvalue weighted by Crippen LogP contribution is -2.06. The first-order valence-corrected chi connectivity index (χ1v) is 5.73. The summed E-state index contributed by atoms with van der Waals surface area (Å²) in [4.78, 5) is 4.45. The van der Waals surface area contributed by atoms with Gasteiger partial charge in [-0.1, -0.05) is 37.0 Å². The predicted molar refractivity (Wildman–Crippen MR) is 60.3 cm³/mol. The van der Waals surface area contributed by atoms with Gasteiger partial charge in [-0.2, -0.15) is 0 Å². The molecule has 2 heteroatoms. The van der Waals surface area contributed by atoms with Crippen LogP contribution in [0.4, 0.5) is 0 Å². The first-order chi connectivity index (χ1) is 7.31. The maximum absolute atomic E-state index is 8.84. The monoisotopic (exact) mass is 206 g/mol. The van der Waals surface area contributed by atoms with Crippen LogP contribution in [-0.2, 0) is 0 Å². The molecule has 0 aromatic heterocycles. The summed E-state index contributed by atoms with van der Waals surface area (Å²) in [6, 6.07) is 5.97. The molecule has 1 aromatic carbocycles. The predicted octanol–water partition coefficient (Wildman–Crippen LogP) is 3.89. The van der Waals surface area contributed by atoms with Gasteiger partial charge in [0.05, 0.1) is 0 Å². The topological polar surface area (TPSA) is 29.5 Å². The Morgan fingerprint density at radius 2 is 1.93 bits per heavy atom. The van der Waals surface area contributed by atoms with Crippen molar-refractivity contribution in [1.82, 2.24) is 0 Å². The van der Waals surface area contributed by atoms with E-state index in [9.17, 15) is 0 Å². The molecule has 0 atom stereocenters. The Morgan fingerprint density at radius 1 is 1.20 bits per heavy atom. The number of aryl methyl sites for hydroxylation is 1. The van der Waals surface area contributed by atoms with Crippen molar-refractivity contribution in [3.63, 3.8) is 0 Å². The van der Waals surface area contributed by atoms with E-state index in [2.05, 4.69) is 17.9 Å². The summed E-state index contributed by atoms with van der Waals surface area (Å²) < 4.78 is 0. The molecule has 0 spiro atoms. The van der Waals surface area contributed by atoms with Gasteiger partial charge in [0.2, 0.25) is 0 Å². The van der Waals surface area contributed by atoms with Gasteiger partial charge in [-0.3, -0.25) is 0 Å². The van der Waals surface area contributed by atoms with E-state index in [1.165, 1.54) is 43.2 Å². The van der Waals surface area contributed by atoms with E-state index < -0.39 is 0 Å². The lowest BCUT2D eigenvalue weighted by molar-refractivity contribution is -0.138. The van der Waals surface area contributed by atoms with Gasteiger partial charge in [-0.05, 0) is 31.7 Å². The van der Waals surface area contributed by atoms with Crippen LogP contribution in [0.5, 0.6) is 5.75 Å². The molecule has 1 aliphatic rings. The second-order valence-electron chi connectivity index (χ2n) is 4.47. The maximum atomic E-state index is 8.84. The molecule has 0 aliphatic heterocycles. The molecule has 1 saturated carbocycles. The minimum atomic E-state index is 0.570. The number of benzene rings is 1. The van der Waals surface area contributed by atoms with Gasteiger partial charge in [0, 0.05) is 5.56 Å². The molecular formula is C13H18O2. The van der Waals surface area contributed by atoms with Crippen molar-refractivity contribution >= 4 is 0 Å². The molecule has 2 rings (SSSR count). The molecule has 1 aliphatic carbocycles. The van der Waals surface area contributed by atoms with Crippen LogP contribution in [0.2, 0.25) is 0 Å². The van der Waals surface area contributed by atoms with Crippen LogP contribution >= 0.6 is 0 Å². The van der Waals surface area contributed by atoms with E-state index in [4.69, 9.17) is 5.26 Å². The maximum Gasteiger partial charge on any atom is 0.168 e. The number of hydrogen-bond acceptors (Lipinski definition) is 2.